The molecule has 0 spiro atoms. The van der Waals surface area contributed by atoms with Gasteiger partial charge in [-0.2, -0.15) is 0 Å². The molecule has 1 fully saturated rings. The molecule has 27 heavy (non-hydrogen) atoms. The second kappa shape index (κ2) is 7.38. The first-order valence-electron chi connectivity index (χ1n) is 10.3. The van der Waals surface area contributed by atoms with Crippen LogP contribution in [0.5, 0.6) is 0 Å². The van der Waals surface area contributed by atoms with E-state index in [1.54, 1.807) is 0 Å². The molecule has 0 saturated carbocycles. The molecule has 0 N–H and O–H groups in total. The molecule has 1 aliphatic heterocycles. The van der Waals surface area contributed by atoms with E-state index in [2.05, 4.69) is 98.9 Å². The quantitative estimate of drug-likeness (QED) is 0.380. The van der Waals surface area contributed by atoms with Gasteiger partial charge in [0.1, 0.15) is 12.1 Å². The molecule has 160 valence electrons. The SMILES string of the molecule is C[C@@H](O[Si](C)(C)C(C)(C)C)[C@H]1C(=O)N([Si](C)(C)C(C)(C)C)[C@@H]1O[Si](C)(C)C. The van der Waals surface area contributed by atoms with Crippen LogP contribution in [0.1, 0.15) is 48.5 Å². The maximum absolute atomic E-state index is 13.4. The summed E-state index contributed by atoms with van der Waals surface area (Å²) in [6.45, 7) is 31.3. The second-order valence-electron chi connectivity index (χ2n) is 12.2. The lowest BCUT2D eigenvalue weighted by Crippen LogP contribution is -2.76. The molecular formula is C20H45NO3Si3. The van der Waals surface area contributed by atoms with Crippen molar-refractivity contribution in [1.29, 1.82) is 0 Å². The monoisotopic (exact) mass is 431 g/mol. The smallest absolute Gasteiger partial charge is 0.226 e. The molecule has 1 saturated heterocycles. The van der Waals surface area contributed by atoms with Gasteiger partial charge < -0.3 is 13.4 Å². The van der Waals surface area contributed by atoms with E-state index in [1.165, 1.54) is 0 Å². The van der Waals surface area contributed by atoms with Gasteiger partial charge in [-0.1, -0.05) is 54.6 Å². The van der Waals surface area contributed by atoms with Gasteiger partial charge in [0.2, 0.25) is 5.91 Å². The summed E-state index contributed by atoms with van der Waals surface area (Å²) in [4.78, 5) is 13.4. The topological polar surface area (TPSA) is 38.8 Å². The summed E-state index contributed by atoms with van der Waals surface area (Å²) in [6.07, 6.45) is -0.245. The molecule has 1 heterocycles. The summed E-state index contributed by atoms with van der Waals surface area (Å²) in [6, 6.07) is 0. The maximum Gasteiger partial charge on any atom is 0.226 e. The van der Waals surface area contributed by atoms with Crippen LogP contribution in [0, 0.1) is 5.92 Å². The number of carbonyl (C=O) groups is 1. The van der Waals surface area contributed by atoms with Crippen molar-refractivity contribution < 1.29 is 13.6 Å². The first-order valence-corrected chi connectivity index (χ1v) is 19.6. The average Bonchev–Trinajstić information content (AvgIpc) is 2.32. The van der Waals surface area contributed by atoms with Crippen molar-refractivity contribution in [1.82, 2.24) is 4.57 Å². The molecule has 3 atom stereocenters. The molecule has 4 nitrogen and oxygen atoms in total. The third-order valence-electron chi connectivity index (χ3n) is 6.79. The van der Waals surface area contributed by atoms with Gasteiger partial charge in [0, 0.05) is 0 Å². The number of hydrogen-bond donors (Lipinski definition) is 0. The third kappa shape index (κ3) is 5.15. The van der Waals surface area contributed by atoms with Gasteiger partial charge in [0.25, 0.3) is 0 Å². The van der Waals surface area contributed by atoms with Crippen LogP contribution in [0.15, 0.2) is 0 Å². The van der Waals surface area contributed by atoms with E-state index in [-0.39, 0.29) is 34.2 Å². The summed E-state index contributed by atoms with van der Waals surface area (Å²) in [5.74, 6) is 0.0519. The molecule has 1 aliphatic rings. The highest BCUT2D eigenvalue weighted by molar-refractivity contribution is 6.80. The van der Waals surface area contributed by atoms with Crippen molar-refractivity contribution in [3.05, 3.63) is 0 Å². The summed E-state index contributed by atoms with van der Waals surface area (Å²) in [5, 5.41) is 0.223. The third-order valence-corrected chi connectivity index (χ3v) is 17.7. The van der Waals surface area contributed by atoms with Gasteiger partial charge in [0.15, 0.2) is 24.9 Å². The molecule has 0 unspecified atom stereocenters. The number of rotatable bonds is 6. The number of β-lactam (4-membered cyclic amide) rings is 1. The molecule has 0 aromatic rings. The largest absolute Gasteiger partial charge is 0.413 e. The molecular weight excluding hydrogens is 386 g/mol. The molecule has 0 radical (unpaired) electrons. The molecule has 0 aliphatic carbocycles. The van der Waals surface area contributed by atoms with Crippen LogP contribution in [0.3, 0.4) is 0 Å². The Kier molecular flexibility index (Phi) is 6.85. The molecule has 1 amide bonds. The van der Waals surface area contributed by atoms with Gasteiger partial charge in [-0.3, -0.25) is 4.79 Å². The van der Waals surface area contributed by atoms with Crippen LogP contribution in [-0.4, -0.2) is 47.7 Å². The van der Waals surface area contributed by atoms with Gasteiger partial charge in [-0.05, 0) is 49.7 Å². The Morgan fingerprint density at radius 3 is 1.67 bits per heavy atom. The minimum atomic E-state index is -1.99. The van der Waals surface area contributed by atoms with Gasteiger partial charge in [-0.25, -0.2) is 0 Å². The summed E-state index contributed by atoms with van der Waals surface area (Å²) >= 11 is 0. The molecule has 0 aromatic heterocycles. The van der Waals surface area contributed by atoms with Crippen molar-refractivity contribution in [2.24, 2.45) is 5.92 Å². The Labute approximate surface area is 171 Å². The van der Waals surface area contributed by atoms with Gasteiger partial charge >= 0.3 is 0 Å². The highest BCUT2D eigenvalue weighted by Gasteiger charge is 2.61. The summed E-state index contributed by atoms with van der Waals surface area (Å²) in [5.41, 5.74) is 0. The number of carbonyl (C=O) groups excluding carboxylic acids is 1. The van der Waals surface area contributed by atoms with Crippen LogP contribution in [0.4, 0.5) is 0 Å². The van der Waals surface area contributed by atoms with Crippen LogP contribution in [0.25, 0.3) is 0 Å². The van der Waals surface area contributed by atoms with Gasteiger partial charge in [-0.15, -0.1) is 0 Å². The first kappa shape index (κ1) is 25.1. The Bertz CT molecular complexity index is 556. The number of amides is 1. The fraction of sp³-hybridized carbons (Fsp3) is 0.950. The Morgan fingerprint density at radius 1 is 0.889 bits per heavy atom. The van der Waals surface area contributed by atoms with Crippen LogP contribution in [-0.2, 0) is 13.6 Å². The lowest BCUT2D eigenvalue weighted by Gasteiger charge is -2.60. The van der Waals surface area contributed by atoms with Crippen molar-refractivity contribution in [2.45, 2.75) is 117 Å². The van der Waals surface area contributed by atoms with E-state index in [4.69, 9.17) is 8.85 Å². The van der Waals surface area contributed by atoms with Crippen LogP contribution < -0.4 is 0 Å². The number of hydrogen-bond acceptors (Lipinski definition) is 3. The van der Waals surface area contributed by atoms with E-state index in [0.717, 1.165) is 0 Å². The maximum atomic E-state index is 13.4. The van der Waals surface area contributed by atoms with E-state index in [1.807, 2.05) is 0 Å². The van der Waals surface area contributed by atoms with E-state index in [9.17, 15) is 4.79 Å². The predicted molar refractivity (Wildman–Crippen MR) is 123 cm³/mol. The van der Waals surface area contributed by atoms with E-state index >= 15 is 0 Å². The fourth-order valence-corrected chi connectivity index (χ4v) is 7.86. The first-order chi connectivity index (χ1) is 11.6. The van der Waals surface area contributed by atoms with E-state index < -0.39 is 24.9 Å². The summed E-state index contributed by atoms with van der Waals surface area (Å²) < 4.78 is 15.3. The standard InChI is InChI=1S/C20H45NO3Si3/c1-15(23-27(13,14)20(5,6)7)16-17(22)21(18(16)24-25(8,9)10)26(11,12)19(2,3)4/h15-16,18H,1-14H3/t15-,16+,18-/m1/s1. The highest BCUT2D eigenvalue weighted by Crippen LogP contribution is 2.48. The fourth-order valence-electron chi connectivity index (χ4n) is 3.08. The highest BCUT2D eigenvalue weighted by atomic mass is 28.4. The zero-order chi connectivity index (χ0) is 21.8. The van der Waals surface area contributed by atoms with Crippen LogP contribution in [0.2, 0.25) is 55.9 Å². The molecule has 0 bridgehead atoms. The Morgan fingerprint density at radius 2 is 1.33 bits per heavy atom. The lowest BCUT2D eigenvalue weighted by atomic mass is 9.94. The molecule has 7 heteroatoms. The van der Waals surface area contributed by atoms with E-state index in [0.29, 0.717) is 0 Å². The summed E-state index contributed by atoms with van der Waals surface area (Å²) in [7, 11) is -5.73. The van der Waals surface area contributed by atoms with Crippen molar-refractivity contribution in [3.8, 4) is 0 Å². The predicted octanol–water partition coefficient (Wildman–Crippen LogP) is 6.04. The van der Waals surface area contributed by atoms with Gasteiger partial charge in [0.05, 0.1) is 6.10 Å². The minimum absolute atomic E-state index is 0.0954. The van der Waals surface area contributed by atoms with Crippen molar-refractivity contribution in [3.63, 3.8) is 0 Å². The van der Waals surface area contributed by atoms with Crippen molar-refractivity contribution in [2.75, 3.05) is 0 Å². The zero-order valence-electron chi connectivity index (χ0n) is 20.4. The minimum Gasteiger partial charge on any atom is -0.413 e. The average molecular weight is 432 g/mol. The van der Waals surface area contributed by atoms with Crippen LogP contribution >= 0.6 is 0 Å². The lowest BCUT2D eigenvalue weighted by molar-refractivity contribution is -0.174. The van der Waals surface area contributed by atoms with Crippen molar-refractivity contribution >= 4 is 30.8 Å². The molecule has 1 rings (SSSR count). The number of nitrogens with zero attached hydrogens (tertiary/aromatic N) is 1. The zero-order valence-corrected chi connectivity index (χ0v) is 23.4. The molecule has 0 aromatic carbocycles. The second-order valence-corrected chi connectivity index (χ2v) is 26.6. The Hall–Kier alpha value is 0.0406. The normalized spacial score (nSPS) is 24.1. The Balaban J connectivity index is 3.19.